The van der Waals surface area contributed by atoms with E-state index in [1.54, 1.807) is 0 Å². The van der Waals surface area contributed by atoms with Crippen LogP contribution in [0.25, 0.3) is 10.2 Å². The SMILES string of the molecule is CCc1cc(Cc2ccc(C(=O)Nc3nc4ccccc4s3)cc2)ccc1NC(=O)N1CCNCC1. The molecule has 3 aromatic carbocycles. The summed E-state index contributed by atoms with van der Waals surface area (Å²) in [7, 11) is 0. The summed E-state index contributed by atoms with van der Waals surface area (Å²) < 4.78 is 1.05. The van der Waals surface area contributed by atoms with Gasteiger partial charge in [0.05, 0.1) is 10.2 Å². The molecule has 184 valence electrons. The molecule has 3 N–H and O–H groups in total. The van der Waals surface area contributed by atoms with Gasteiger partial charge in [-0.25, -0.2) is 9.78 Å². The van der Waals surface area contributed by atoms with Crippen molar-refractivity contribution in [2.75, 3.05) is 36.8 Å². The second-order valence-corrected chi connectivity index (χ2v) is 9.86. The van der Waals surface area contributed by atoms with Crippen LogP contribution in [0.1, 0.15) is 34.0 Å². The van der Waals surface area contributed by atoms with Gasteiger partial charge in [-0.2, -0.15) is 0 Å². The van der Waals surface area contributed by atoms with Gasteiger partial charge in [0, 0.05) is 37.4 Å². The van der Waals surface area contributed by atoms with E-state index in [9.17, 15) is 9.59 Å². The van der Waals surface area contributed by atoms with Gasteiger partial charge in [0.2, 0.25) is 0 Å². The normalized spacial score (nSPS) is 13.5. The number of urea groups is 1. The lowest BCUT2D eigenvalue weighted by Gasteiger charge is -2.28. The number of para-hydroxylation sites is 1. The van der Waals surface area contributed by atoms with E-state index < -0.39 is 0 Å². The summed E-state index contributed by atoms with van der Waals surface area (Å²) in [6, 6.07) is 21.7. The van der Waals surface area contributed by atoms with Crippen LogP contribution in [0.3, 0.4) is 0 Å². The summed E-state index contributed by atoms with van der Waals surface area (Å²) in [6.45, 7) is 5.20. The molecule has 0 unspecified atom stereocenters. The third-order valence-electron chi connectivity index (χ3n) is 6.34. The van der Waals surface area contributed by atoms with Crippen molar-refractivity contribution in [2.45, 2.75) is 19.8 Å². The number of rotatable bonds is 6. The number of fused-ring (bicyclic) bond motifs is 1. The monoisotopic (exact) mass is 499 g/mol. The Kier molecular flexibility index (Phi) is 7.25. The number of benzene rings is 3. The minimum atomic E-state index is -0.168. The van der Waals surface area contributed by atoms with E-state index in [4.69, 9.17) is 0 Å². The van der Waals surface area contributed by atoms with Gasteiger partial charge in [0.1, 0.15) is 0 Å². The topological polar surface area (TPSA) is 86.4 Å². The maximum Gasteiger partial charge on any atom is 0.321 e. The zero-order valence-corrected chi connectivity index (χ0v) is 21.0. The molecule has 36 heavy (non-hydrogen) atoms. The fourth-order valence-corrected chi connectivity index (χ4v) is 5.20. The van der Waals surface area contributed by atoms with E-state index in [0.29, 0.717) is 10.7 Å². The largest absolute Gasteiger partial charge is 0.322 e. The lowest BCUT2D eigenvalue weighted by Crippen LogP contribution is -2.48. The number of thiazole rings is 1. The average Bonchev–Trinajstić information content (AvgIpc) is 3.32. The molecule has 0 bridgehead atoms. The van der Waals surface area contributed by atoms with E-state index in [0.717, 1.165) is 66.1 Å². The molecule has 7 nitrogen and oxygen atoms in total. The first-order valence-electron chi connectivity index (χ1n) is 12.2. The molecule has 0 saturated carbocycles. The Morgan fingerprint density at radius 2 is 1.72 bits per heavy atom. The smallest absolute Gasteiger partial charge is 0.321 e. The highest BCUT2D eigenvalue weighted by atomic mass is 32.1. The number of piperazine rings is 1. The van der Waals surface area contributed by atoms with Gasteiger partial charge in [-0.05, 0) is 59.9 Å². The van der Waals surface area contributed by atoms with Gasteiger partial charge in [0.25, 0.3) is 5.91 Å². The summed E-state index contributed by atoms with van der Waals surface area (Å²) in [5.74, 6) is -0.168. The first-order chi connectivity index (χ1) is 17.6. The van der Waals surface area contributed by atoms with Crippen LogP contribution >= 0.6 is 11.3 Å². The summed E-state index contributed by atoms with van der Waals surface area (Å²) in [5.41, 5.74) is 5.74. The highest BCUT2D eigenvalue weighted by Crippen LogP contribution is 2.26. The Morgan fingerprint density at radius 1 is 0.972 bits per heavy atom. The zero-order valence-electron chi connectivity index (χ0n) is 20.2. The number of aromatic nitrogens is 1. The maximum atomic E-state index is 12.7. The number of anilines is 2. The third kappa shape index (κ3) is 5.56. The Balaban J connectivity index is 1.22. The third-order valence-corrected chi connectivity index (χ3v) is 7.29. The molecule has 1 aromatic heterocycles. The molecule has 1 aliphatic rings. The number of carbonyl (C=O) groups excluding carboxylic acids is 2. The average molecular weight is 500 g/mol. The predicted molar refractivity (Wildman–Crippen MR) is 146 cm³/mol. The van der Waals surface area contributed by atoms with Gasteiger partial charge in [-0.1, -0.05) is 54.7 Å². The molecule has 0 spiro atoms. The van der Waals surface area contributed by atoms with Crippen molar-refractivity contribution >= 4 is 44.3 Å². The van der Waals surface area contributed by atoms with E-state index in [1.807, 2.05) is 59.5 Å². The lowest BCUT2D eigenvalue weighted by atomic mass is 9.99. The van der Waals surface area contributed by atoms with Crippen LogP contribution in [-0.4, -0.2) is 48.0 Å². The molecule has 1 fully saturated rings. The maximum absolute atomic E-state index is 12.7. The van der Waals surface area contributed by atoms with Crippen LogP contribution in [0, 0.1) is 0 Å². The van der Waals surface area contributed by atoms with Crippen molar-refractivity contribution in [3.05, 3.63) is 89.0 Å². The van der Waals surface area contributed by atoms with Crippen molar-refractivity contribution in [3.8, 4) is 0 Å². The molecular weight excluding hydrogens is 470 g/mol. The minimum absolute atomic E-state index is 0.0429. The molecule has 0 aliphatic carbocycles. The van der Waals surface area contributed by atoms with Crippen LogP contribution in [0.2, 0.25) is 0 Å². The van der Waals surface area contributed by atoms with Crippen LogP contribution in [-0.2, 0) is 12.8 Å². The van der Waals surface area contributed by atoms with Crippen molar-refractivity contribution in [2.24, 2.45) is 0 Å². The van der Waals surface area contributed by atoms with E-state index in [-0.39, 0.29) is 11.9 Å². The molecule has 1 aliphatic heterocycles. The fourth-order valence-electron chi connectivity index (χ4n) is 4.34. The van der Waals surface area contributed by atoms with Gasteiger partial charge in [0.15, 0.2) is 5.13 Å². The number of aryl methyl sites for hydroxylation is 1. The molecule has 1 saturated heterocycles. The van der Waals surface area contributed by atoms with Crippen LogP contribution in [0.4, 0.5) is 15.6 Å². The van der Waals surface area contributed by atoms with Crippen LogP contribution in [0.5, 0.6) is 0 Å². The van der Waals surface area contributed by atoms with Gasteiger partial charge < -0.3 is 15.5 Å². The number of hydrogen-bond donors (Lipinski definition) is 3. The molecule has 4 aromatic rings. The van der Waals surface area contributed by atoms with Crippen molar-refractivity contribution in [1.82, 2.24) is 15.2 Å². The van der Waals surface area contributed by atoms with Crippen molar-refractivity contribution in [3.63, 3.8) is 0 Å². The Hall–Kier alpha value is -3.75. The van der Waals surface area contributed by atoms with Gasteiger partial charge in [-0.3, -0.25) is 10.1 Å². The second-order valence-electron chi connectivity index (χ2n) is 8.83. The minimum Gasteiger partial charge on any atom is -0.322 e. The number of nitrogens with zero attached hydrogens (tertiary/aromatic N) is 2. The highest BCUT2D eigenvalue weighted by molar-refractivity contribution is 7.22. The molecule has 8 heteroatoms. The number of carbonyl (C=O) groups is 2. The second kappa shape index (κ2) is 10.9. The van der Waals surface area contributed by atoms with Crippen LogP contribution in [0.15, 0.2) is 66.7 Å². The first kappa shape index (κ1) is 24.0. The summed E-state index contributed by atoms with van der Waals surface area (Å²) >= 11 is 1.47. The molecular formula is C28H29N5O2S. The first-order valence-corrected chi connectivity index (χ1v) is 13.0. The quantitative estimate of drug-likeness (QED) is 0.343. The van der Waals surface area contributed by atoms with Crippen molar-refractivity contribution < 1.29 is 9.59 Å². The number of amides is 3. The molecule has 2 heterocycles. The zero-order chi connectivity index (χ0) is 24.9. The summed E-state index contributed by atoms with van der Waals surface area (Å²) in [4.78, 5) is 31.6. The molecule has 0 atom stereocenters. The Morgan fingerprint density at radius 3 is 2.47 bits per heavy atom. The van der Waals surface area contributed by atoms with E-state index in [1.165, 1.54) is 16.9 Å². The lowest BCUT2D eigenvalue weighted by molar-refractivity contribution is 0.102. The van der Waals surface area contributed by atoms with E-state index in [2.05, 4.69) is 40.0 Å². The standard InChI is InChI=1S/C28H29N5O2S/c1-2-21-18-20(9-12-23(21)31-28(35)33-15-13-29-14-16-33)17-19-7-10-22(11-8-19)26(34)32-27-30-24-5-3-4-6-25(24)36-27/h3-12,18,29H,2,13-17H2,1H3,(H,31,35)(H,30,32,34). The number of nitrogens with one attached hydrogen (secondary N) is 3. The Labute approximate surface area is 214 Å². The fraction of sp³-hybridized carbons (Fsp3) is 0.250. The highest BCUT2D eigenvalue weighted by Gasteiger charge is 2.17. The molecule has 5 rings (SSSR count). The van der Waals surface area contributed by atoms with Gasteiger partial charge >= 0.3 is 6.03 Å². The predicted octanol–water partition coefficient (Wildman–Crippen LogP) is 5.14. The molecule has 0 radical (unpaired) electrons. The van der Waals surface area contributed by atoms with Crippen molar-refractivity contribution in [1.29, 1.82) is 0 Å². The van der Waals surface area contributed by atoms with Gasteiger partial charge in [-0.15, -0.1) is 0 Å². The van der Waals surface area contributed by atoms with Crippen LogP contribution < -0.4 is 16.0 Å². The number of hydrogen-bond acceptors (Lipinski definition) is 5. The Bertz CT molecular complexity index is 1340. The summed E-state index contributed by atoms with van der Waals surface area (Å²) in [5, 5.41) is 9.85. The molecule has 3 amide bonds. The van der Waals surface area contributed by atoms with E-state index >= 15 is 0 Å². The summed E-state index contributed by atoms with van der Waals surface area (Å²) in [6.07, 6.45) is 1.58.